The number of benzene rings is 2. The van der Waals surface area contributed by atoms with Crippen LogP contribution in [0.3, 0.4) is 0 Å². The molecular formula is C20H12Br2Cl2F3N3O. The molecule has 0 spiro atoms. The summed E-state index contributed by atoms with van der Waals surface area (Å²) in [4.78, 5) is 3.69. The molecule has 0 aliphatic carbocycles. The first kappa shape index (κ1) is 23.8. The molecule has 1 heterocycles. The molecular weight excluding hydrogens is 586 g/mol. The van der Waals surface area contributed by atoms with Gasteiger partial charge in [0.15, 0.2) is 0 Å². The molecule has 3 aromatic rings. The summed E-state index contributed by atoms with van der Waals surface area (Å²) in [7, 11) is 0. The number of alkyl halides is 3. The number of anilines is 1. The summed E-state index contributed by atoms with van der Waals surface area (Å²) in [5.74, 6) is 0.768. The minimum Gasteiger partial charge on any atom is -0.487 e. The molecule has 0 bridgehead atoms. The Morgan fingerprint density at radius 3 is 2.32 bits per heavy atom. The molecule has 0 saturated heterocycles. The Morgan fingerprint density at radius 2 is 1.74 bits per heavy atom. The lowest BCUT2D eigenvalue weighted by molar-refractivity contribution is -0.137. The van der Waals surface area contributed by atoms with Gasteiger partial charge in [-0.15, -0.1) is 0 Å². The van der Waals surface area contributed by atoms with E-state index in [1.54, 1.807) is 24.3 Å². The number of hydrogen-bond donors (Lipinski definition) is 1. The number of halogens is 7. The summed E-state index contributed by atoms with van der Waals surface area (Å²) < 4.78 is 44.9. The van der Waals surface area contributed by atoms with Crippen molar-refractivity contribution < 1.29 is 17.9 Å². The molecule has 2 aromatic carbocycles. The average Bonchev–Trinajstić information content (AvgIpc) is 2.70. The SMILES string of the molecule is FC(F)(F)c1ccc(N/N=C\c2cc(Br)c(OCc3ccc(Cl)c(Cl)c3)c(Br)c2)nc1. The second-order valence-electron chi connectivity index (χ2n) is 6.15. The van der Waals surface area contributed by atoms with Crippen molar-refractivity contribution in [2.45, 2.75) is 12.8 Å². The van der Waals surface area contributed by atoms with E-state index in [4.69, 9.17) is 27.9 Å². The van der Waals surface area contributed by atoms with Gasteiger partial charge in [0, 0.05) is 6.20 Å². The van der Waals surface area contributed by atoms with Gasteiger partial charge in [-0.1, -0.05) is 29.3 Å². The highest BCUT2D eigenvalue weighted by atomic mass is 79.9. The van der Waals surface area contributed by atoms with Gasteiger partial charge in [0.1, 0.15) is 18.2 Å². The van der Waals surface area contributed by atoms with Gasteiger partial charge in [-0.05, 0) is 79.4 Å². The van der Waals surface area contributed by atoms with Crippen LogP contribution in [-0.2, 0) is 12.8 Å². The van der Waals surface area contributed by atoms with Crippen LogP contribution >= 0.6 is 55.1 Å². The third-order valence-corrected chi connectivity index (χ3v) is 5.79. The van der Waals surface area contributed by atoms with Gasteiger partial charge < -0.3 is 4.74 Å². The van der Waals surface area contributed by atoms with Gasteiger partial charge in [0.2, 0.25) is 0 Å². The summed E-state index contributed by atoms with van der Waals surface area (Å²) in [6.07, 6.45) is -2.19. The normalized spacial score (nSPS) is 11.7. The van der Waals surface area contributed by atoms with Crippen LogP contribution in [0.2, 0.25) is 10.0 Å². The van der Waals surface area contributed by atoms with Crippen LogP contribution in [0.25, 0.3) is 0 Å². The van der Waals surface area contributed by atoms with Gasteiger partial charge >= 0.3 is 6.18 Å². The molecule has 31 heavy (non-hydrogen) atoms. The largest absolute Gasteiger partial charge is 0.487 e. The second kappa shape index (κ2) is 10.2. The van der Waals surface area contributed by atoms with E-state index < -0.39 is 11.7 Å². The molecule has 11 heteroatoms. The van der Waals surface area contributed by atoms with Crippen LogP contribution in [-0.4, -0.2) is 11.2 Å². The van der Waals surface area contributed by atoms with Crippen LogP contribution in [0.5, 0.6) is 5.75 Å². The molecule has 0 unspecified atom stereocenters. The Kier molecular flexibility index (Phi) is 7.85. The van der Waals surface area contributed by atoms with Gasteiger partial charge in [0.25, 0.3) is 0 Å². The van der Waals surface area contributed by atoms with Crippen molar-refractivity contribution >= 4 is 67.1 Å². The van der Waals surface area contributed by atoms with Crippen molar-refractivity contribution in [1.82, 2.24) is 4.98 Å². The Hall–Kier alpha value is -1.81. The van der Waals surface area contributed by atoms with Gasteiger partial charge in [-0.25, -0.2) is 4.98 Å². The first-order valence-corrected chi connectivity index (χ1v) is 10.9. The van der Waals surface area contributed by atoms with Crippen molar-refractivity contribution in [2.75, 3.05) is 5.43 Å². The van der Waals surface area contributed by atoms with Crippen LogP contribution in [0.1, 0.15) is 16.7 Å². The summed E-state index contributed by atoms with van der Waals surface area (Å²) >= 11 is 18.9. The van der Waals surface area contributed by atoms with Gasteiger partial charge in [0.05, 0.1) is 30.8 Å². The average molecular weight is 598 g/mol. The van der Waals surface area contributed by atoms with Crippen molar-refractivity contribution in [1.29, 1.82) is 0 Å². The molecule has 162 valence electrons. The van der Waals surface area contributed by atoms with Gasteiger partial charge in [-0.3, -0.25) is 5.43 Å². The van der Waals surface area contributed by atoms with Gasteiger partial charge in [-0.2, -0.15) is 18.3 Å². The number of rotatable bonds is 6. The minimum absolute atomic E-state index is 0.184. The molecule has 4 nitrogen and oxygen atoms in total. The quantitative estimate of drug-likeness (QED) is 0.232. The van der Waals surface area contributed by atoms with Crippen molar-refractivity contribution in [3.63, 3.8) is 0 Å². The van der Waals surface area contributed by atoms with E-state index in [1.165, 1.54) is 12.3 Å². The molecule has 0 atom stereocenters. The van der Waals surface area contributed by atoms with Crippen molar-refractivity contribution in [3.8, 4) is 5.75 Å². The van der Waals surface area contributed by atoms with Crippen LogP contribution in [0.4, 0.5) is 19.0 Å². The Bertz CT molecular complexity index is 1090. The van der Waals surface area contributed by atoms with E-state index in [-0.39, 0.29) is 12.4 Å². The zero-order valence-electron chi connectivity index (χ0n) is 15.4. The zero-order valence-corrected chi connectivity index (χ0v) is 20.0. The lowest BCUT2D eigenvalue weighted by Gasteiger charge is -2.12. The predicted octanol–water partition coefficient (Wildman–Crippen LogP) is 7.96. The molecule has 0 amide bonds. The monoisotopic (exact) mass is 595 g/mol. The standard InChI is InChI=1S/C20H12Br2Cl2F3N3O/c21-14-5-12(8-29-30-18-4-2-13(9-28-18)20(25,26)27)6-15(22)19(14)31-10-11-1-3-16(23)17(24)7-11/h1-9H,10H2,(H,28,30)/b29-8-. The van der Waals surface area contributed by atoms with Crippen LogP contribution in [0.15, 0.2) is 62.7 Å². The molecule has 0 saturated carbocycles. The smallest absolute Gasteiger partial charge is 0.417 e. The number of nitrogens with zero attached hydrogens (tertiary/aromatic N) is 2. The fraction of sp³-hybridized carbons (Fsp3) is 0.100. The number of nitrogens with one attached hydrogen (secondary N) is 1. The van der Waals surface area contributed by atoms with Crippen LogP contribution in [0, 0.1) is 0 Å². The third kappa shape index (κ3) is 6.58. The van der Waals surface area contributed by atoms with E-state index >= 15 is 0 Å². The second-order valence-corrected chi connectivity index (χ2v) is 8.67. The fourth-order valence-corrected chi connectivity index (χ4v) is 4.15. The summed E-state index contributed by atoms with van der Waals surface area (Å²) in [5, 5.41) is 4.91. The number of hydrazone groups is 1. The maximum atomic E-state index is 12.6. The molecule has 0 radical (unpaired) electrons. The Morgan fingerprint density at radius 1 is 1.03 bits per heavy atom. The van der Waals surface area contributed by atoms with Crippen LogP contribution < -0.4 is 10.2 Å². The van der Waals surface area contributed by atoms with E-state index in [0.29, 0.717) is 30.3 Å². The molecule has 3 rings (SSSR count). The highest BCUT2D eigenvalue weighted by Crippen LogP contribution is 2.35. The Labute approximate surface area is 202 Å². The van der Waals surface area contributed by atoms with E-state index in [1.807, 2.05) is 6.07 Å². The van der Waals surface area contributed by atoms with Crippen molar-refractivity contribution in [3.05, 3.63) is 84.3 Å². The lowest BCUT2D eigenvalue weighted by Crippen LogP contribution is -2.05. The first-order valence-electron chi connectivity index (χ1n) is 8.51. The topological polar surface area (TPSA) is 46.5 Å². The third-order valence-electron chi connectivity index (χ3n) is 3.87. The van der Waals surface area contributed by atoms with E-state index in [9.17, 15) is 13.2 Å². The summed E-state index contributed by atoms with van der Waals surface area (Å²) in [6, 6.07) is 10.9. The minimum atomic E-state index is -4.43. The molecule has 0 aliphatic rings. The number of aromatic nitrogens is 1. The summed E-state index contributed by atoms with van der Waals surface area (Å²) in [6.45, 7) is 0.280. The highest BCUT2D eigenvalue weighted by molar-refractivity contribution is 9.11. The molecule has 1 aromatic heterocycles. The molecule has 0 fully saturated rings. The maximum Gasteiger partial charge on any atom is 0.417 e. The molecule has 0 aliphatic heterocycles. The number of ether oxygens (including phenoxy) is 1. The zero-order chi connectivity index (χ0) is 22.6. The highest BCUT2D eigenvalue weighted by Gasteiger charge is 2.30. The fourth-order valence-electron chi connectivity index (χ4n) is 2.38. The predicted molar refractivity (Wildman–Crippen MR) is 123 cm³/mol. The van der Waals surface area contributed by atoms with Crippen molar-refractivity contribution in [2.24, 2.45) is 5.10 Å². The number of hydrogen-bond acceptors (Lipinski definition) is 4. The number of pyridine rings is 1. The Balaban J connectivity index is 1.64. The lowest BCUT2D eigenvalue weighted by atomic mass is 10.2. The summed E-state index contributed by atoms with van der Waals surface area (Å²) in [5.41, 5.74) is 3.32. The van der Waals surface area contributed by atoms with E-state index in [0.717, 1.165) is 17.8 Å². The first-order chi connectivity index (χ1) is 14.6. The molecule has 1 N–H and O–H groups in total. The van der Waals surface area contributed by atoms with E-state index in [2.05, 4.69) is 47.4 Å². The maximum absolute atomic E-state index is 12.6.